The van der Waals surface area contributed by atoms with Crippen LogP contribution in [0.1, 0.15) is 22.3 Å². The first kappa shape index (κ1) is 27.2. The van der Waals surface area contributed by atoms with Crippen molar-refractivity contribution in [2.24, 2.45) is 0 Å². The van der Waals surface area contributed by atoms with Crippen LogP contribution < -0.4 is 5.32 Å². The number of benzene rings is 3. The summed E-state index contributed by atoms with van der Waals surface area (Å²) in [6, 6.07) is 13.4. The Morgan fingerprint density at radius 3 is 2.28 bits per heavy atom. The molecule has 0 spiro atoms. The number of amides is 1. The molecular weight excluding hydrogens is 579 g/mol. The van der Waals surface area contributed by atoms with E-state index in [4.69, 9.17) is 11.6 Å². The molecule has 1 aliphatic rings. The molecule has 1 amide bonds. The number of rotatable bonds is 3. The number of nitrogens with one attached hydrogen (secondary N) is 1. The quantitative estimate of drug-likeness (QED) is 0.215. The van der Waals surface area contributed by atoms with Crippen molar-refractivity contribution in [3.63, 3.8) is 0 Å². The van der Waals surface area contributed by atoms with Gasteiger partial charge in [-0.2, -0.15) is 13.2 Å². The molecule has 0 aliphatic carbocycles. The number of carbonyl (C=O) groups is 1. The molecule has 1 saturated heterocycles. The monoisotopic (exact) mass is 596 g/mol. The molecular formula is C26H18ClF5N4OS2. The zero-order chi connectivity index (χ0) is 27.7. The van der Waals surface area contributed by atoms with E-state index >= 15 is 0 Å². The minimum absolute atomic E-state index is 0.132. The topological polar surface area (TPSA) is 58.1 Å². The molecule has 5 nitrogen and oxygen atoms in total. The lowest BCUT2D eigenvalue weighted by Crippen LogP contribution is -2.32. The number of carbonyl (C=O) groups excluding carboxylic acids is 1. The van der Waals surface area contributed by atoms with Gasteiger partial charge in [0.25, 0.3) is 5.91 Å². The number of anilines is 1. The van der Waals surface area contributed by atoms with Crippen molar-refractivity contribution in [3.8, 4) is 0 Å². The van der Waals surface area contributed by atoms with Gasteiger partial charge in [-0.05, 0) is 55.0 Å². The third-order valence-electron chi connectivity index (χ3n) is 5.94. The van der Waals surface area contributed by atoms with Crippen molar-refractivity contribution in [3.05, 3.63) is 87.9 Å². The first-order valence-corrected chi connectivity index (χ1v) is 13.6. The first-order chi connectivity index (χ1) is 18.6. The van der Waals surface area contributed by atoms with Crippen molar-refractivity contribution in [2.75, 3.05) is 18.4 Å². The molecule has 1 N–H and O–H groups in total. The maximum atomic E-state index is 13.3. The van der Waals surface area contributed by atoms with Crippen molar-refractivity contribution in [1.29, 1.82) is 0 Å². The summed E-state index contributed by atoms with van der Waals surface area (Å²) < 4.78 is 67.3. The molecule has 0 bridgehead atoms. The van der Waals surface area contributed by atoms with Gasteiger partial charge < -0.3 is 10.2 Å². The highest BCUT2D eigenvalue weighted by Gasteiger charge is 2.37. The minimum atomic E-state index is -4.58. The lowest BCUT2D eigenvalue weighted by atomic mass is 10.1. The number of likely N-dealkylation sites (tertiary alicyclic amines) is 1. The second-order valence-electron chi connectivity index (χ2n) is 8.63. The Balaban J connectivity index is 0.000000233. The van der Waals surface area contributed by atoms with Crippen LogP contribution in [-0.2, 0) is 6.18 Å². The molecule has 0 unspecified atom stereocenters. The van der Waals surface area contributed by atoms with Gasteiger partial charge in [-0.15, -0.1) is 11.3 Å². The van der Waals surface area contributed by atoms with E-state index in [1.807, 2.05) is 0 Å². The second kappa shape index (κ2) is 11.0. The summed E-state index contributed by atoms with van der Waals surface area (Å²) in [5, 5.41) is 3.79. The van der Waals surface area contributed by atoms with Crippen LogP contribution in [0.3, 0.4) is 0 Å². The van der Waals surface area contributed by atoms with Gasteiger partial charge in [0, 0.05) is 19.1 Å². The summed E-state index contributed by atoms with van der Waals surface area (Å²) in [7, 11) is 0. The van der Waals surface area contributed by atoms with Gasteiger partial charge in [0.1, 0.15) is 11.6 Å². The maximum absolute atomic E-state index is 13.3. The maximum Gasteiger partial charge on any atom is 0.417 e. The minimum Gasteiger partial charge on any atom is -0.357 e. The number of alkyl halides is 3. The summed E-state index contributed by atoms with van der Waals surface area (Å²) in [4.78, 5) is 22.4. The molecule has 1 atom stereocenters. The number of hydrogen-bond acceptors (Lipinski definition) is 6. The highest BCUT2D eigenvalue weighted by molar-refractivity contribution is 7.22. The fraction of sp³-hybridized carbons (Fsp3) is 0.192. The van der Waals surface area contributed by atoms with Crippen LogP contribution in [0.15, 0.2) is 60.7 Å². The molecule has 0 radical (unpaired) electrons. The average molecular weight is 597 g/mol. The molecule has 39 heavy (non-hydrogen) atoms. The fourth-order valence-corrected chi connectivity index (χ4v) is 6.18. The molecule has 13 heteroatoms. The summed E-state index contributed by atoms with van der Waals surface area (Å²) in [5.74, 6) is -1.23. The van der Waals surface area contributed by atoms with Gasteiger partial charge in [-0.1, -0.05) is 35.1 Å². The van der Waals surface area contributed by atoms with Crippen molar-refractivity contribution in [2.45, 2.75) is 18.6 Å². The second-order valence-corrected chi connectivity index (χ2v) is 11.3. The molecule has 0 saturated carbocycles. The van der Waals surface area contributed by atoms with E-state index in [1.165, 1.54) is 70.0 Å². The number of thiazole rings is 2. The van der Waals surface area contributed by atoms with Crippen molar-refractivity contribution < 1.29 is 26.7 Å². The summed E-state index contributed by atoms with van der Waals surface area (Å²) in [6.45, 7) is 0.623. The van der Waals surface area contributed by atoms with Gasteiger partial charge in [0.05, 0.1) is 31.6 Å². The van der Waals surface area contributed by atoms with Crippen molar-refractivity contribution in [1.82, 2.24) is 14.9 Å². The largest absolute Gasteiger partial charge is 0.417 e. The Bertz CT molecular complexity index is 1650. The van der Waals surface area contributed by atoms with Crippen LogP contribution in [0, 0.1) is 11.6 Å². The molecule has 1 aliphatic heterocycles. The van der Waals surface area contributed by atoms with E-state index in [0.717, 1.165) is 16.3 Å². The van der Waals surface area contributed by atoms with E-state index in [9.17, 15) is 26.7 Å². The van der Waals surface area contributed by atoms with E-state index < -0.39 is 17.6 Å². The summed E-state index contributed by atoms with van der Waals surface area (Å²) in [6.07, 6.45) is -4.00. The van der Waals surface area contributed by atoms with Gasteiger partial charge in [0.15, 0.2) is 9.60 Å². The Kier molecular flexibility index (Phi) is 7.70. The SMILES string of the molecule is Fc1ccc2nc(Cl)sc2c1.O=C(c1ccccc1C(F)(F)F)N1CC[C@@H](Nc2nc3ccc(F)cc3s2)C1. The van der Waals surface area contributed by atoms with Crippen molar-refractivity contribution >= 4 is 65.7 Å². The molecule has 3 heterocycles. The number of fused-ring (bicyclic) bond motifs is 2. The van der Waals surface area contributed by atoms with Gasteiger partial charge in [-0.3, -0.25) is 4.79 Å². The van der Waals surface area contributed by atoms with Crippen LogP contribution in [0.5, 0.6) is 0 Å². The third-order valence-corrected chi connectivity index (χ3v) is 8.01. The summed E-state index contributed by atoms with van der Waals surface area (Å²) in [5.41, 5.74) is 0.149. The number of halogens is 6. The zero-order valence-electron chi connectivity index (χ0n) is 19.8. The Hall–Kier alpha value is -3.35. The first-order valence-electron chi connectivity index (χ1n) is 11.6. The van der Waals surface area contributed by atoms with Gasteiger partial charge in [0.2, 0.25) is 0 Å². The Labute approximate surface area is 231 Å². The Morgan fingerprint density at radius 2 is 1.59 bits per heavy atom. The van der Waals surface area contributed by atoms with Crippen LogP contribution in [0.25, 0.3) is 20.4 Å². The number of aromatic nitrogens is 2. The highest BCUT2D eigenvalue weighted by atomic mass is 35.5. The smallest absolute Gasteiger partial charge is 0.357 e. The van der Waals surface area contributed by atoms with E-state index in [0.29, 0.717) is 32.8 Å². The normalized spacial score (nSPS) is 15.4. The van der Waals surface area contributed by atoms with Crippen LogP contribution >= 0.6 is 34.3 Å². The standard InChI is InChI=1S/C19H15F4N3OS.C7H3ClFNS/c20-11-5-6-15-16(9-11)28-18(25-15)24-12-7-8-26(10-12)17(27)13-3-1-2-4-14(13)19(21,22)23;8-7-10-5-2-1-4(9)3-6(5)11-7/h1-6,9,12H,7-8,10H2,(H,24,25);1-3H/t12-;/m1./s1. The molecule has 1 fully saturated rings. The highest BCUT2D eigenvalue weighted by Crippen LogP contribution is 2.33. The molecule has 6 rings (SSSR count). The Morgan fingerprint density at radius 1 is 0.949 bits per heavy atom. The van der Waals surface area contributed by atoms with Crippen LogP contribution in [-0.4, -0.2) is 39.9 Å². The van der Waals surface area contributed by atoms with Gasteiger partial charge in [-0.25, -0.2) is 18.7 Å². The van der Waals surface area contributed by atoms with E-state index in [-0.39, 0.29) is 29.8 Å². The predicted molar refractivity (Wildman–Crippen MR) is 144 cm³/mol. The lowest BCUT2D eigenvalue weighted by Gasteiger charge is -2.19. The zero-order valence-corrected chi connectivity index (χ0v) is 22.2. The van der Waals surface area contributed by atoms with E-state index in [1.54, 1.807) is 12.1 Å². The number of nitrogens with zero attached hydrogens (tertiary/aromatic N) is 3. The molecule has 5 aromatic rings. The van der Waals surface area contributed by atoms with Gasteiger partial charge >= 0.3 is 6.18 Å². The molecule has 202 valence electrons. The summed E-state index contributed by atoms with van der Waals surface area (Å²) >= 11 is 8.20. The van der Waals surface area contributed by atoms with Crippen LogP contribution in [0.4, 0.5) is 27.1 Å². The lowest BCUT2D eigenvalue weighted by molar-refractivity contribution is -0.138. The van der Waals surface area contributed by atoms with Crippen LogP contribution in [0.2, 0.25) is 4.47 Å². The average Bonchev–Trinajstić information content (AvgIpc) is 3.60. The number of hydrogen-bond donors (Lipinski definition) is 1. The molecule has 3 aromatic carbocycles. The fourth-order valence-electron chi connectivity index (χ4n) is 4.15. The molecule has 2 aromatic heterocycles. The predicted octanol–water partition coefficient (Wildman–Crippen LogP) is 7.87. The van der Waals surface area contributed by atoms with E-state index in [2.05, 4.69) is 15.3 Å². The third kappa shape index (κ3) is 6.29.